The average Bonchev–Trinajstić information content (AvgIpc) is 2.85. The fourth-order valence-corrected chi connectivity index (χ4v) is 5.53. The van der Waals surface area contributed by atoms with Crippen LogP contribution in [0.2, 0.25) is 5.02 Å². The van der Waals surface area contributed by atoms with E-state index in [9.17, 15) is 26.4 Å². The number of nitrogens with one attached hydrogen (secondary N) is 2. The van der Waals surface area contributed by atoms with Crippen molar-refractivity contribution in [3.8, 4) is 11.5 Å². The van der Waals surface area contributed by atoms with Gasteiger partial charge in [-0.1, -0.05) is 11.6 Å². The number of aliphatic carboxylic acids is 1. The second-order valence-electron chi connectivity index (χ2n) is 8.82. The topological polar surface area (TPSA) is 122 Å². The zero-order chi connectivity index (χ0) is 27.2. The second kappa shape index (κ2) is 12.1. The van der Waals surface area contributed by atoms with E-state index in [1.165, 1.54) is 12.1 Å². The van der Waals surface area contributed by atoms with Gasteiger partial charge in [0.05, 0.1) is 4.90 Å². The molecule has 3 unspecified atom stereocenters. The highest BCUT2D eigenvalue weighted by molar-refractivity contribution is 7.90. The van der Waals surface area contributed by atoms with Gasteiger partial charge in [-0.05, 0) is 99.1 Å². The van der Waals surface area contributed by atoms with Gasteiger partial charge in [0, 0.05) is 10.9 Å². The number of carbonyl (C=O) groups is 2. The predicted molar refractivity (Wildman–Crippen MR) is 129 cm³/mol. The number of benzene rings is 2. The molecule has 3 N–H and O–H groups in total. The van der Waals surface area contributed by atoms with Crippen LogP contribution in [0.15, 0.2) is 53.4 Å². The summed E-state index contributed by atoms with van der Waals surface area (Å²) in [5.74, 6) is -1.20. The first kappa shape index (κ1) is 28.7. The lowest BCUT2D eigenvalue weighted by Crippen LogP contribution is -2.44. The zero-order valence-electron chi connectivity index (χ0n) is 19.5. The largest absolute Gasteiger partial charge is 0.490 e. The van der Waals surface area contributed by atoms with Crippen molar-refractivity contribution in [2.75, 3.05) is 13.1 Å². The smallest absolute Gasteiger partial charge is 0.475 e. The van der Waals surface area contributed by atoms with Crippen molar-refractivity contribution in [3.63, 3.8) is 0 Å². The van der Waals surface area contributed by atoms with E-state index in [2.05, 4.69) is 10.0 Å². The first-order valence-corrected chi connectivity index (χ1v) is 13.3. The van der Waals surface area contributed by atoms with Crippen LogP contribution in [0.1, 0.15) is 25.7 Å². The molecule has 3 atom stereocenters. The molecule has 1 amide bonds. The Morgan fingerprint density at radius 2 is 1.54 bits per heavy atom. The van der Waals surface area contributed by atoms with Crippen molar-refractivity contribution < 1.29 is 41.0 Å². The van der Waals surface area contributed by atoms with E-state index >= 15 is 0 Å². The lowest BCUT2D eigenvalue weighted by Gasteiger charge is -2.38. The molecule has 0 bridgehead atoms. The monoisotopic (exact) mass is 562 g/mol. The van der Waals surface area contributed by atoms with Gasteiger partial charge < -0.3 is 15.2 Å². The van der Waals surface area contributed by atoms with Crippen LogP contribution in [0.3, 0.4) is 0 Å². The third kappa shape index (κ3) is 8.34. The number of halogens is 4. The Morgan fingerprint density at radius 1 is 0.973 bits per heavy atom. The molecule has 1 aliphatic heterocycles. The van der Waals surface area contributed by atoms with Crippen LogP contribution in [0.25, 0.3) is 0 Å². The Kier molecular flexibility index (Phi) is 9.43. The van der Waals surface area contributed by atoms with Crippen LogP contribution < -0.4 is 14.8 Å². The van der Waals surface area contributed by atoms with E-state index in [4.69, 9.17) is 26.2 Å². The highest BCUT2D eigenvalue weighted by Gasteiger charge is 2.38. The number of ether oxygens (including phenoxy) is 1. The molecule has 1 saturated heterocycles. The molecule has 2 aromatic carbocycles. The molecule has 202 valence electrons. The molecule has 0 aromatic heterocycles. The van der Waals surface area contributed by atoms with Crippen LogP contribution in [0, 0.1) is 17.8 Å². The Labute approximate surface area is 217 Å². The van der Waals surface area contributed by atoms with Crippen molar-refractivity contribution in [1.82, 2.24) is 10.0 Å². The number of sulfonamides is 1. The van der Waals surface area contributed by atoms with Crippen LogP contribution in [-0.4, -0.2) is 44.7 Å². The van der Waals surface area contributed by atoms with Gasteiger partial charge in [0.15, 0.2) is 0 Å². The quantitative estimate of drug-likeness (QED) is 0.487. The summed E-state index contributed by atoms with van der Waals surface area (Å²) in [6.07, 6.45) is -1.57. The van der Waals surface area contributed by atoms with Gasteiger partial charge in [0.25, 0.3) is 10.0 Å². The number of amides is 1. The number of fused-ring (bicyclic) bond motifs is 1. The Bertz CT molecular complexity index is 1190. The highest BCUT2D eigenvalue weighted by Crippen LogP contribution is 2.37. The third-order valence-corrected chi connectivity index (χ3v) is 7.88. The Hall–Kier alpha value is -2.83. The molecule has 37 heavy (non-hydrogen) atoms. The number of carbonyl (C=O) groups excluding carboxylic acids is 1. The molecule has 13 heteroatoms. The van der Waals surface area contributed by atoms with E-state index in [1.54, 1.807) is 36.4 Å². The van der Waals surface area contributed by atoms with Crippen LogP contribution >= 0.6 is 11.6 Å². The van der Waals surface area contributed by atoms with Crippen LogP contribution in [-0.2, 0) is 19.6 Å². The molecule has 2 aliphatic rings. The molecule has 0 radical (unpaired) electrons. The molecule has 4 rings (SSSR count). The number of hydrogen-bond acceptors (Lipinski definition) is 6. The Morgan fingerprint density at radius 3 is 2.11 bits per heavy atom. The lowest BCUT2D eigenvalue weighted by molar-refractivity contribution is -0.192. The third-order valence-electron chi connectivity index (χ3n) is 6.27. The van der Waals surface area contributed by atoms with E-state index in [0.29, 0.717) is 28.4 Å². The maximum atomic E-state index is 12.7. The van der Waals surface area contributed by atoms with Gasteiger partial charge in [-0.3, -0.25) is 4.79 Å². The summed E-state index contributed by atoms with van der Waals surface area (Å²) in [6, 6.07) is 12.9. The van der Waals surface area contributed by atoms with Gasteiger partial charge in [-0.25, -0.2) is 17.9 Å². The maximum Gasteiger partial charge on any atom is 0.490 e. The number of carboxylic acids is 1. The number of alkyl halides is 3. The SMILES string of the molecule is O=C(NS(=O)(=O)c1ccc(Oc2ccc(Cl)cc2)cc1)C1CCC2CNCCC2C1.O=C(O)C(F)(F)F. The molecule has 1 saturated carbocycles. The van der Waals surface area contributed by atoms with Crippen molar-refractivity contribution in [3.05, 3.63) is 53.6 Å². The van der Waals surface area contributed by atoms with E-state index in [1.807, 2.05) is 0 Å². The Balaban J connectivity index is 0.000000479. The minimum absolute atomic E-state index is 0.0369. The van der Waals surface area contributed by atoms with Crippen LogP contribution in [0.4, 0.5) is 13.2 Å². The van der Waals surface area contributed by atoms with E-state index in [-0.39, 0.29) is 10.8 Å². The van der Waals surface area contributed by atoms with Crippen LogP contribution in [0.5, 0.6) is 11.5 Å². The number of piperidine rings is 1. The first-order valence-electron chi connectivity index (χ1n) is 11.5. The molecular weight excluding hydrogens is 537 g/mol. The van der Waals surface area contributed by atoms with Crippen molar-refractivity contribution in [2.24, 2.45) is 17.8 Å². The first-order chi connectivity index (χ1) is 17.3. The molecule has 2 fully saturated rings. The van der Waals surface area contributed by atoms with Gasteiger partial charge >= 0.3 is 12.1 Å². The minimum atomic E-state index is -5.08. The summed E-state index contributed by atoms with van der Waals surface area (Å²) >= 11 is 5.86. The molecule has 1 heterocycles. The van der Waals surface area contributed by atoms with Crippen molar-refractivity contribution >= 4 is 33.5 Å². The molecule has 1 aliphatic carbocycles. The van der Waals surface area contributed by atoms with Gasteiger partial charge in [0.1, 0.15) is 11.5 Å². The normalized spacial score (nSPS) is 21.6. The summed E-state index contributed by atoms with van der Waals surface area (Å²) < 4.78 is 65.0. The molecule has 2 aromatic rings. The average molecular weight is 563 g/mol. The lowest BCUT2D eigenvalue weighted by atomic mass is 9.71. The highest BCUT2D eigenvalue weighted by atomic mass is 35.5. The number of rotatable bonds is 5. The minimum Gasteiger partial charge on any atom is -0.475 e. The standard InChI is InChI=1S/C22H25ClN2O4S.C2HF3O2/c23-18-3-5-19(6-4-18)29-20-7-9-21(10-8-20)30(27,28)25-22(26)16-1-2-17-14-24-12-11-15(17)13-16;3-2(4,5)1(6)7/h3-10,15-17,24H,1-2,11-14H2,(H,25,26);(H,6,7). The summed E-state index contributed by atoms with van der Waals surface area (Å²) in [5, 5.41) is 11.1. The fourth-order valence-electron chi connectivity index (χ4n) is 4.36. The van der Waals surface area contributed by atoms with Gasteiger partial charge in [-0.2, -0.15) is 13.2 Å². The summed E-state index contributed by atoms with van der Waals surface area (Å²) in [6.45, 7) is 1.97. The van der Waals surface area contributed by atoms with E-state index < -0.39 is 28.1 Å². The predicted octanol–water partition coefficient (Wildman–Crippen LogP) is 4.60. The number of carboxylic acid groups (broad SMARTS) is 1. The summed E-state index contributed by atoms with van der Waals surface area (Å²) in [4.78, 5) is 21.6. The molecule has 8 nitrogen and oxygen atoms in total. The summed E-state index contributed by atoms with van der Waals surface area (Å²) in [5.41, 5.74) is 0. The molecular formula is C24H26ClF3N2O6S. The molecule has 0 spiro atoms. The fraction of sp³-hybridized carbons (Fsp3) is 0.417. The van der Waals surface area contributed by atoms with Crippen molar-refractivity contribution in [1.29, 1.82) is 0 Å². The number of hydrogen-bond donors (Lipinski definition) is 3. The van der Waals surface area contributed by atoms with Gasteiger partial charge in [-0.15, -0.1) is 0 Å². The van der Waals surface area contributed by atoms with E-state index in [0.717, 1.165) is 38.8 Å². The zero-order valence-corrected chi connectivity index (χ0v) is 21.1. The van der Waals surface area contributed by atoms with Gasteiger partial charge in [0.2, 0.25) is 5.91 Å². The van der Waals surface area contributed by atoms with Crippen molar-refractivity contribution in [2.45, 2.75) is 36.8 Å². The second-order valence-corrected chi connectivity index (χ2v) is 10.9. The maximum absolute atomic E-state index is 12.7. The summed E-state index contributed by atoms with van der Waals surface area (Å²) in [7, 11) is -3.92.